The van der Waals surface area contributed by atoms with Crippen molar-refractivity contribution in [1.29, 1.82) is 0 Å². The van der Waals surface area contributed by atoms with Gasteiger partial charge < -0.3 is 9.79 Å². The van der Waals surface area contributed by atoms with Gasteiger partial charge in [-0.05, 0) is 0 Å². The van der Waals surface area contributed by atoms with E-state index in [0.29, 0.717) is 0 Å². The van der Waals surface area contributed by atoms with Crippen LogP contribution in [-0.4, -0.2) is 44.9 Å². The molecule has 0 bridgehead atoms. The molecule has 0 rings (SSSR count). The molecule has 0 amide bonds. The average molecular weight is 132 g/mol. The van der Waals surface area contributed by atoms with Gasteiger partial charge in [0.15, 0.2) is 0 Å². The molecule has 0 aliphatic heterocycles. The molecule has 3 nitrogen and oxygen atoms in total. The molecule has 5 heteroatoms. The number of rotatable bonds is 1. The summed E-state index contributed by atoms with van der Waals surface area (Å²) in [4.78, 5) is 25.5. The van der Waals surface area contributed by atoms with Crippen LogP contribution in [0.25, 0.3) is 0 Å². The monoisotopic (exact) mass is 132 g/mol. The van der Waals surface area contributed by atoms with Crippen molar-refractivity contribution >= 4 is 43.5 Å². The molecule has 0 heterocycles. The Morgan fingerprint density at radius 1 is 1.57 bits per heavy atom. The van der Waals surface area contributed by atoms with Gasteiger partial charge in [0.25, 0.3) is 0 Å². The van der Waals surface area contributed by atoms with Crippen molar-refractivity contribution in [2.24, 2.45) is 0 Å². The fourth-order valence-corrected chi connectivity index (χ4v) is 0. The van der Waals surface area contributed by atoms with E-state index < -0.39 is 13.9 Å². The molecule has 0 atom stereocenters. The van der Waals surface area contributed by atoms with Gasteiger partial charge in [0.2, 0.25) is 13.9 Å². The Bertz CT molecular complexity index is 64.0. The summed E-state index contributed by atoms with van der Waals surface area (Å²) in [7, 11) is -2.30. The van der Waals surface area contributed by atoms with Crippen LogP contribution in [0, 0.1) is 0 Å². The first-order valence-electron chi connectivity index (χ1n) is 1.33. The van der Waals surface area contributed by atoms with E-state index in [1.807, 2.05) is 0 Å². The zero-order chi connectivity index (χ0) is 5.15. The average Bonchev–Trinajstić information content (AvgIpc) is 1.36. The SMILES string of the molecule is CC(=O)P(O)O.[NaH]. The van der Waals surface area contributed by atoms with Crippen molar-refractivity contribution in [2.75, 3.05) is 0 Å². The molecule has 0 aromatic rings. The van der Waals surface area contributed by atoms with Crippen LogP contribution in [0.1, 0.15) is 6.92 Å². The van der Waals surface area contributed by atoms with Crippen LogP contribution < -0.4 is 0 Å². The first-order chi connectivity index (χ1) is 2.64. The molecule has 0 fully saturated rings. The van der Waals surface area contributed by atoms with E-state index in [1.165, 1.54) is 0 Å². The van der Waals surface area contributed by atoms with E-state index in [4.69, 9.17) is 9.79 Å². The molecule has 0 radical (unpaired) electrons. The zero-order valence-electron chi connectivity index (χ0n) is 3.25. The van der Waals surface area contributed by atoms with E-state index in [0.717, 1.165) is 6.92 Å². The van der Waals surface area contributed by atoms with Gasteiger partial charge in [0, 0.05) is 6.92 Å². The molecular weight excluding hydrogens is 126 g/mol. The van der Waals surface area contributed by atoms with Gasteiger partial charge in [0.05, 0.1) is 0 Å². The summed E-state index contributed by atoms with van der Waals surface area (Å²) in [5, 5.41) is 0. The molecule has 0 aliphatic carbocycles. The standard InChI is InChI=1S/C2H5O3P.Na.H/c1-2(3)6(4)5;;/h4-5H,1H3;;. The van der Waals surface area contributed by atoms with Crippen molar-refractivity contribution in [3.05, 3.63) is 0 Å². The van der Waals surface area contributed by atoms with Crippen molar-refractivity contribution in [3.63, 3.8) is 0 Å². The number of carbonyl (C=O) groups excluding carboxylic acids is 1. The Labute approximate surface area is 64.9 Å². The van der Waals surface area contributed by atoms with Gasteiger partial charge in [-0.3, -0.25) is 4.79 Å². The maximum atomic E-state index is 9.67. The molecule has 0 unspecified atom stereocenters. The van der Waals surface area contributed by atoms with E-state index in [9.17, 15) is 4.79 Å². The summed E-state index contributed by atoms with van der Waals surface area (Å²) in [6.07, 6.45) is 0. The van der Waals surface area contributed by atoms with E-state index in [1.54, 1.807) is 0 Å². The van der Waals surface area contributed by atoms with Gasteiger partial charge in [-0.1, -0.05) is 0 Å². The van der Waals surface area contributed by atoms with Crippen LogP contribution in [-0.2, 0) is 4.79 Å². The second kappa shape index (κ2) is 5.16. The van der Waals surface area contributed by atoms with Gasteiger partial charge in [0.1, 0.15) is 0 Å². The fraction of sp³-hybridized carbons (Fsp3) is 0.500. The first-order valence-corrected chi connectivity index (χ1v) is 2.57. The molecule has 38 valence electrons. The topological polar surface area (TPSA) is 57.5 Å². The second-order valence-corrected chi connectivity index (χ2v) is 2.02. The van der Waals surface area contributed by atoms with Crippen molar-refractivity contribution in [2.45, 2.75) is 6.92 Å². The van der Waals surface area contributed by atoms with Crippen molar-refractivity contribution < 1.29 is 14.6 Å². The van der Waals surface area contributed by atoms with Crippen LogP contribution in [0.15, 0.2) is 0 Å². The summed E-state index contributed by atoms with van der Waals surface area (Å²) < 4.78 is 0. The van der Waals surface area contributed by atoms with Crippen LogP contribution in [0.2, 0.25) is 0 Å². The Hall–Kier alpha value is 1.02. The normalized spacial score (nSPS) is 8.00. The molecule has 0 spiro atoms. The van der Waals surface area contributed by atoms with E-state index in [-0.39, 0.29) is 29.6 Å². The molecular formula is C2H6NaO3P. The van der Waals surface area contributed by atoms with Crippen molar-refractivity contribution in [3.8, 4) is 0 Å². The third-order valence-electron chi connectivity index (χ3n) is 0.282. The van der Waals surface area contributed by atoms with Gasteiger partial charge in [-0.15, -0.1) is 0 Å². The van der Waals surface area contributed by atoms with E-state index in [2.05, 4.69) is 0 Å². The second-order valence-electron chi connectivity index (χ2n) is 0.808. The number of hydrogen-bond acceptors (Lipinski definition) is 3. The summed E-state index contributed by atoms with van der Waals surface area (Å²) >= 11 is 0. The van der Waals surface area contributed by atoms with Crippen LogP contribution in [0.3, 0.4) is 0 Å². The third-order valence-corrected chi connectivity index (χ3v) is 0.845. The summed E-state index contributed by atoms with van der Waals surface area (Å²) in [6.45, 7) is 1.13. The van der Waals surface area contributed by atoms with Gasteiger partial charge in [-0.2, -0.15) is 0 Å². The van der Waals surface area contributed by atoms with Gasteiger partial charge >= 0.3 is 29.6 Å². The quantitative estimate of drug-likeness (QED) is 0.362. The molecule has 2 N–H and O–H groups in total. The summed E-state index contributed by atoms with van der Waals surface area (Å²) in [6, 6.07) is 0. The van der Waals surface area contributed by atoms with Crippen LogP contribution in [0.4, 0.5) is 0 Å². The Balaban J connectivity index is 0. The van der Waals surface area contributed by atoms with Crippen LogP contribution >= 0.6 is 8.38 Å². The Morgan fingerprint density at radius 3 is 1.71 bits per heavy atom. The minimum atomic E-state index is -2.30. The summed E-state index contributed by atoms with van der Waals surface area (Å²) in [5.74, 6) is 0. The molecule has 0 saturated carbocycles. The molecule has 0 saturated heterocycles. The Kier molecular flexibility index (Phi) is 8.04. The first kappa shape index (κ1) is 10.9. The Morgan fingerprint density at radius 2 is 1.71 bits per heavy atom. The molecule has 0 aromatic heterocycles. The molecule has 0 aliphatic rings. The predicted octanol–water partition coefficient (Wildman–Crippen LogP) is -0.819. The van der Waals surface area contributed by atoms with Gasteiger partial charge in [-0.25, -0.2) is 0 Å². The predicted molar refractivity (Wildman–Crippen MR) is 29.2 cm³/mol. The minimum absolute atomic E-state index is 0. The molecule has 0 aromatic carbocycles. The molecule has 7 heavy (non-hydrogen) atoms. The summed E-state index contributed by atoms with van der Waals surface area (Å²) in [5.41, 5.74) is -0.565. The zero-order valence-corrected chi connectivity index (χ0v) is 4.14. The van der Waals surface area contributed by atoms with Crippen molar-refractivity contribution in [1.82, 2.24) is 0 Å². The fourth-order valence-electron chi connectivity index (χ4n) is 0. The number of hydrogen-bond donors (Lipinski definition) is 2. The van der Waals surface area contributed by atoms with E-state index >= 15 is 0 Å². The third kappa shape index (κ3) is 7.02. The van der Waals surface area contributed by atoms with Crippen LogP contribution in [0.5, 0.6) is 0 Å². The number of carbonyl (C=O) groups is 1. The maximum absolute atomic E-state index is 9.67.